The fourth-order valence-corrected chi connectivity index (χ4v) is 1.89. The quantitative estimate of drug-likeness (QED) is 0.537. The summed E-state index contributed by atoms with van der Waals surface area (Å²) in [6.45, 7) is 0.303. The Hall–Kier alpha value is -1.87. The molecular weight excluding hydrogens is 367 g/mol. The van der Waals surface area contributed by atoms with Gasteiger partial charge < -0.3 is 16.4 Å². The maximum absolute atomic E-state index is 10.8. The fourth-order valence-electron chi connectivity index (χ4n) is 1.69. The van der Waals surface area contributed by atoms with Crippen molar-refractivity contribution in [3.05, 3.63) is 45.1 Å². The van der Waals surface area contributed by atoms with Crippen LogP contribution in [0.4, 0.5) is 23.1 Å². The fraction of sp³-hybridized carbons (Fsp3) is 0.167. The van der Waals surface area contributed by atoms with Crippen LogP contribution in [-0.2, 0) is 6.54 Å². The standard InChI is InChI=1S/C12H13ClN6O2.2ClH/c1-15-11-10(19(20)21)6-16-12(18-11)17-8-2-3-9(13)7(4-8)5-14;;/h2-4,6H,5,14H2,1H3,(H2,15,16,17,18);2*1H. The molecular formula is C12H15Cl3N6O2. The maximum atomic E-state index is 10.8. The molecule has 23 heavy (non-hydrogen) atoms. The highest BCUT2D eigenvalue weighted by Crippen LogP contribution is 2.25. The van der Waals surface area contributed by atoms with Gasteiger partial charge in [0.15, 0.2) is 0 Å². The lowest BCUT2D eigenvalue weighted by Gasteiger charge is -2.09. The Labute approximate surface area is 149 Å². The van der Waals surface area contributed by atoms with Crippen molar-refractivity contribution in [3.63, 3.8) is 0 Å². The normalized spacial score (nSPS) is 9.35. The van der Waals surface area contributed by atoms with Crippen molar-refractivity contribution in [2.45, 2.75) is 6.54 Å². The van der Waals surface area contributed by atoms with Gasteiger partial charge in [-0.1, -0.05) is 11.6 Å². The molecule has 126 valence electrons. The summed E-state index contributed by atoms with van der Waals surface area (Å²) in [6.07, 6.45) is 1.14. The first-order valence-corrected chi connectivity index (χ1v) is 6.37. The predicted octanol–water partition coefficient (Wildman–Crippen LogP) is 3.13. The van der Waals surface area contributed by atoms with E-state index >= 15 is 0 Å². The molecule has 8 nitrogen and oxygen atoms in total. The molecule has 1 aromatic carbocycles. The molecule has 4 N–H and O–H groups in total. The number of halogens is 3. The van der Waals surface area contributed by atoms with Crippen LogP contribution in [0.25, 0.3) is 0 Å². The molecule has 11 heteroatoms. The minimum Gasteiger partial charge on any atom is -0.367 e. The average molecular weight is 382 g/mol. The Bertz CT molecular complexity index is 686. The van der Waals surface area contributed by atoms with E-state index in [-0.39, 0.29) is 42.3 Å². The van der Waals surface area contributed by atoms with E-state index < -0.39 is 4.92 Å². The second-order valence-corrected chi connectivity index (χ2v) is 4.48. The van der Waals surface area contributed by atoms with Gasteiger partial charge in [0.25, 0.3) is 0 Å². The third-order valence-corrected chi connectivity index (χ3v) is 3.09. The summed E-state index contributed by atoms with van der Waals surface area (Å²) in [5, 5.41) is 17.0. The Balaban J connectivity index is 0.00000242. The molecule has 0 atom stereocenters. The van der Waals surface area contributed by atoms with Gasteiger partial charge in [0.05, 0.1) is 4.92 Å². The third-order valence-electron chi connectivity index (χ3n) is 2.72. The summed E-state index contributed by atoms with van der Waals surface area (Å²) < 4.78 is 0. The van der Waals surface area contributed by atoms with Gasteiger partial charge in [0.1, 0.15) is 6.20 Å². The maximum Gasteiger partial charge on any atom is 0.329 e. The number of hydrogen-bond donors (Lipinski definition) is 3. The van der Waals surface area contributed by atoms with E-state index in [1.54, 1.807) is 25.2 Å². The van der Waals surface area contributed by atoms with Gasteiger partial charge in [-0.05, 0) is 23.8 Å². The highest BCUT2D eigenvalue weighted by atomic mass is 35.5. The second kappa shape index (κ2) is 9.31. The van der Waals surface area contributed by atoms with Gasteiger partial charge in [-0.15, -0.1) is 24.8 Å². The Morgan fingerprint density at radius 2 is 2.09 bits per heavy atom. The van der Waals surface area contributed by atoms with Crippen LogP contribution >= 0.6 is 36.4 Å². The zero-order valence-electron chi connectivity index (χ0n) is 11.9. The second-order valence-electron chi connectivity index (χ2n) is 4.07. The molecule has 0 aliphatic carbocycles. The van der Waals surface area contributed by atoms with Gasteiger partial charge >= 0.3 is 5.69 Å². The van der Waals surface area contributed by atoms with E-state index in [2.05, 4.69) is 20.6 Å². The van der Waals surface area contributed by atoms with Crippen molar-refractivity contribution < 1.29 is 4.92 Å². The molecule has 0 fully saturated rings. The van der Waals surface area contributed by atoms with Crippen LogP contribution in [0, 0.1) is 10.1 Å². The lowest BCUT2D eigenvalue weighted by atomic mass is 10.2. The molecule has 0 unspecified atom stereocenters. The van der Waals surface area contributed by atoms with E-state index in [0.29, 0.717) is 17.3 Å². The molecule has 0 saturated carbocycles. The molecule has 0 amide bonds. The number of aromatic nitrogens is 2. The van der Waals surface area contributed by atoms with Crippen LogP contribution in [0.2, 0.25) is 5.02 Å². The minimum absolute atomic E-state index is 0. The Morgan fingerprint density at radius 3 is 2.65 bits per heavy atom. The highest BCUT2D eigenvalue weighted by molar-refractivity contribution is 6.31. The molecule has 1 aromatic heterocycles. The van der Waals surface area contributed by atoms with E-state index in [0.717, 1.165) is 11.8 Å². The predicted molar refractivity (Wildman–Crippen MR) is 95.4 cm³/mol. The lowest BCUT2D eigenvalue weighted by molar-refractivity contribution is -0.384. The SMILES string of the molecule is CNc1nc(Nc2ccc(Cl)c(CN)c2)ncc1[N+](=O)[O-].Cl.Cl. The van der Waals surface area contributed by atoms with Crippen LogP contribution in [0.1, 0.15) is 5.56 Å². The summed E-state index contributed by atoms with van der Waals surface area (Å²) in [5.41, 5.74) is 6.86. The summed E-state index contributed by atoms with van der Waals surface area (Å²) in [4.78, 5) is 18.2. The van der Waals surface area contributed by atoms with Crippen LogP contribution in [-0.4, -0.2) is 21.9 Å². The summed E-state index contributed by atoms with van der Waals surface area (Å²) in [7, 11) is 1.55. The van der Waals surface area contributed by atoms with Crippen molar-refractivity contribution in [2.24, 2.45) is 5.73 Å². The first-order chi connectivity index (χ1) is 10.0. The first kappa shape index (κ1) is 21.1. The van der Waals surface area contributed by atoms with Crippen LogP contribution in [0.5, 0.6) is 0 Å². The van der Waals surface area contributed by atoms with Gasteiger partial charge in [-0.25, -0.2) is 4.98 Å². The van der Waals surface area contributed by atoms with Gasteiger partial charge in [0, 0.05) is 24.3 Å². The molecule has 0 spiro atoms. The van der Waals surface area contributed by atoms with E-state index in [1.165, 1.54) is 0 Å². The summed E-state index contributed by atoms with van der Waals surface area (Å²) in [6, 6.07) is 5.22. The number of anilines is 3. The minimum atomic E-state index is -0.551. The van der Waals surface area contributed by atoms with Crippen molar-refractivity contribution in [2.75, 3.05) is 17.7 Å². The molecule has 0 bridgehead atoms. The number of nitrogens with one attached hydrogen (secondary N) is 2. The van der Waals surface area contributed by atoms with Gasteiger partial charge in [-0.3, -0.25) is 10.1 Å². The van der Waals surface area contributed by atoms with E-state index in [4.69, 9.17) is 17.3 Å². The van der Waals surface area contributed by atoms with Crippen molar-refractivity contribution in [1.82, 2.24) is 9.97 Å². The number of hydrogen-bond acceptors (Lipinski definition) is 7. The van der Waals surface area contributed by atoms with Gasteiger partial charge in [-0.2, -0.15) is 4.98 Å². The smallest absolute Gasteiger partial charge is 0.329 e. The number of nitro groups is 1. The summed E-state index contributed by atoms with van der Waals surface area (Å²) in [5.74, 6) is 0.362. The topological polar surface area (TPSA) is 119 Å². The van der Waals surface area contributed by atoms with Crippen LogP contribution < -0.4 is 16.4 Å². The zero-order valence-corrected chi connectivity index (χ0v) is 14.3. The lowest BCUT2D eigenvalue weighted by Crippen LogP contribution is -2.05. The largest absolute Gasteiger partial charge is 0.367 e. The number of nitrogens with zero attached hydrogens (tertiary/aromatic N) is 3. The van der Waals surface area contributed by atoms with E-state index in [9.17, 15) is 10.1 Å². The molecule has 0 saturated heterocycles. The zero-order chi connectivity index (χ0) is 15.4. The molecule has 0 aliphatic rings. The molecule has 0 radical (unpaired) electrons. The monoisotopic (exact) mass is 380 g/mol. The van der Waals surface area contributed by atoms with Crippen molar-refractivity contribution in [3.8, 4) is 0 Å². The van der Waals surface area contributed by atoms with Crippen LogP contribution in [0.15, 0.2) is 24.4 Å². The number of benzene rings is 1. The highest BCUT2D eigenvalue weighted by Gasteiger charge is 2.16. The Morgan fingerprint density at radius 1 is 1.39 bits per heavy atom. The third kappa shape index (κ3) is 5.07. The van der Waals surface area contributed by atoms with Gasteiger partial charge in [0.2, 0.25) is 11.8 Å². The summed E-state index contributed by atoms with van der Waals surface area (Å²) >= 11 is 5.98. The molecule has 0 aliphatic heterocycles. The first-order valence-electron chi connectivity index (χ1n) is 6.00. The van der Waals surface area contributed by atoms with Crippen LogP contribution in [0.3, 0.4) is 0 Å². The van der Waals surface area contributed by atoms with E-state index in [1.807, 2.05) is 0 Å². The average Bonchev–Trinajstić information content (AvgIpc) is 2.48. The van der Waals surface area contributed by atoms with Crippen molar-refractivity contribution >= 4 is 59.6 Å². The molecule has 1 heterocycles. The van der Waals surface area contributed by atoms with Crippen molar-refractivity contribution in [1.29, 1.82) is 0 Å². The Kier molecular flexibility index (Phi) is 8.55. The number of rotatable bonds is 5. The number of nitrogens with two attached hydrogens (primary N) is 1. The molecule has 2 rings (SSSR count). The molecule has 2 aromatic rings.